The van der Waals surface area contributed by atoms with Crippen molar-refractivity contribution in [1.82, 2.24) is 5.32 Å². The van der Waals surface area contributed by atoms with Crippen LogP contribution in [0.4, 0.5) is 0 Å². The predicted octanol–water partition coefficient (Wildman–Crippen LogP) is 0.280. The summed E-state index contributed by atoms with van der Waals surface area (Å²) in [6.07, 6.45) is -0.949. The monoisotopic (exact) mass is 309 g/mol. The number of rotatable bonds is 6. The molecule has 3 atom stereocenters. The van der Waals surface area contributed by atoms with Gasteiger partial charge in [-0.25, -0.2) is 4.79 Å². The third-order valence-corrected chi connectivity index (χ3v) is 3.51. The number of aliphatic carboxylic acids is 2. The van der Waals surface area contributed by atoms with E-state index in [-0.39, 0.29) is 18.5 Å². The smallest absolute Gasteiger partial charge is 0.335 e. The number of ether oxygens (including phenoxy) is 1. The van der Waals surface area contributed by atoms with E-state index in [1.165, 1.54) is 24.3 Å². The highest BCUT2D eigenvalue weighted by molar-refractivity contribution is 5.87. The zero-order valence-electron chi connectivity index (χ0n) is 11.4. The third-order valence-electron chi connectivity index (χ3n) is 3.51. The molecular weight excluding hydrogens is 294 g/mol. The first-order valence-electron chi connectivity index (χ1n) is 6.56. The topological polar surface area (TPSA) is 133 Å². The molecule has 1 aliphatic rings. The van der Waals surface area contributed by atoms with Crippen LogP contribution in [0.3, 0.4) is 0 Å². The van der Waals surface area contributed by atoms with Crippen LogP contribution in [0.15, 0.2) is 24.3 Å². The number of carbonyl (C=O) groups is 3. The zero-order valence-corrected chi connectivity index (χ0v) is 11.4. The van der Waals surface area contributed by atoms with Crippen LogP contribution in [0.1, 0.15) is 16.8 Å². The summed E-state index contributed by atoms with van der Waals surface area (Å²) >= 11 is 0. The van der Waals surface area contributed by atoms with Crippen LogP contribution in [0, 0.1) is 5.92 Å². The van der Waals surface area contributed by atoms with Crippen molar-refractivity contribution in [3.05, 3.63) is 29.8 Å². The Morgan fingerprint density at radius 3 is 2.27 bits per heavy atom. The molecule has 0 amide bonds. The molecule has 4 N–H and O–H groups in total. The van der Waals surface area contributed by atoms with Gasteiger partial charge in [0.15, 0.2) is 0 Å². The van der Waals surface area contributed by atoms with Crippen molar-refractivity contribution in [3.8, 4) is 5.75 Å². The predicted molar refractivity (Wildman–Crippen MR) is 73.0 cm³/mol. The van der Waals surface area contributed by atoms with Gasteiger partial charge in [-0.2, -0.15) is 0 Å². The highest BCUT2D eigenvalue weighted by Crippen LogP contribution is 2.25. The van der Waals surface area contributed by atoms with Gasteiger partial charge in [-0.05, 0) is 24.3 Å². The average molecular weight is 309 g/mol. The Balaban J connectivity index is 2.11. The second-order valence-corrected chi connectivity index (χ2v) is 4.97. The van der Waals surface area contributed by atoms with Crippen LogP contribution >= 0.6 is 0 Å². The number of hydrogen-bond acceptors (Lipinski definition) is 5. The Kier molecular flexibility index (Phi) is 4.62. The van der Waals surface area contributed by atoms with Gasteiger partial charge in [0.2, 0.25) is 0 Å². The lowest BCUT2D eigenvalue weighted by atomic mass is 9.94. The van der Waals surface area contributed by atoms with Crippen molar-refractivity contribution in [3.63, 3.8) is 0 Å². The van der Waals surface area contributed by atoms with Crippen LogP contribution in [-0.2, 0) is 9.59 Å². The average Bonchev–Trinajstić information content (AvgIpc) is 2.82. The van der Waals surface area contributed by atoms with Gasteiger partial charge in [-0.1, -0.05) is 0 Å². The van der Waals surface area contributed by atoms with Crippen molar-refractivity contribution in [2.24, 2.45) is 5.92 Å². The first-order valence-corrected chi connectivity index (χ1v) is 6.56. The number of carboxylic acid groups (broad SMARTS) is 3. The molecule has 0 radical (unpaired) electrons. The minimum atomic E-state index is -1.13. The van der Waals surface area contributed by atoms with Crippen LogP contribution in [0.2, 0.25) is 0 Å². The summed E-state index contributed by atoms with van der Waals surface area (Å²) in [6.45, 7) is 0.204. The lowest BCUT2D eigenvalue weighted by Gasteiger charge is -2.21. The van der Waals surface area contributed by atoms with E-state index in [0.717, 1.165) is 0 Å². The molecule has 1 aromatic carbocycles. The standard InChI is InChI=1S/C14H15NO7/c16-11(17)5-9-10(6-15-12(9)14(20)21)22-8-3-1-7(2-4-8)13(18)19/h1-4,9-10,12,15H,5-6H2,(H,16,17)(H,18,19)(H,20,21)/t9-,10+,12-/m0/s1. The van der Waals surface area contributed by atoms with E-state index in [9.17, 15) is 14.4 Å². The second-order valence-electron chi connectivity index (χ2n) is 4.97. The van der Waals surface area contributed by atoms with Crippen LogP contribution in [-0.4, -0.2) is 51.9 Å². The van der Waals surface area contributed by atoms with Gasteiger partial charge >= 0.3 is 17.9 Å². The van der Waals surface area contributed by atoms with Gasteiger partial charge in [0.1, 0.15) is 17.9 Å². The first kappa shape index (κ1) is 15.8. The number of benzene rings is 1. The molecule has 0 aromatic heterocycles. The summed E-state index contributed by atoms with van der Waals surface area (Å²) in [4.78, 5) is 32.8. The molecule has 22 heavy (non-hydrogen) atoms. The zero-order chi connectivity index (χ0) is 16.3. The Hall–Kier alpha value is -2.61. The van der Waals surface area contributed by atoms with Gasteiger partial charge in [0.25, 0.3) is 0 Å². The summed E-state index contributed by atoms with van der Waals surface area (Å²) in [6, 6.07) is 4.64. The van der Waals surface area contributed by atoms with Crippen molar-refractivity contribution >= 4 is 17.9 Å². The summed E-state index contributed by atoms with van der Waals surface area (Å²) in [5.74, 6) is -3.65. The summed E-state index contributed by atoms with van der Waals surface area (Å²) in [5, 5.41) is 29.6. The molecule has 1 aliphatic heterocycles. The molecule has 118 valence electrons. The largest absolute Gasteiger partial charge is 0.489 e. The van der Waals surface area contributed by atoms with Crippen LogP contribution in [0.5, 0.6) is 5.75 Å². The highest BCUT2D eigenvalue weighted by atomic mass is 16.5. The summed E-state index contributed by atoms with van der Waals surface area (Å²) in [5.41, 5.74) is 0.0994. The first-order chi connectivity index (χ1) is 10.4. The minimum absolute atomic E-state index is 0.0994. The lowest BCUT2D eigenvalue weighted by molar-refractivity contribution is -0.142. The van der Waals surface area contributed by atoms with E-state index < -0.39 is 36.0 Å². The molecule has 1 fully saturated rings. The van der Waals surface area contributed by atoms with Gasteiger partial charge < -0.3 is 25.4 Å². The van der Waals surface area contributed by atoms with Crippen molar-refractivity contribution in [2.45, 2.75) is 18.6 Å². The van der Waals surface area contributed by atoms with E-state index in [1.807, 2.05) is 0 Å². The fraction of sp³-hybridized carbons (Fsp3) is 0.357. The van der Waals surface area contributed by atoms with E-state index >= 15 is 0 Å². The Labute approximate surface area is 125 Å². The molecule has 8 nitrogen and oxygen atoms in total. The number of carboxylic acids is 3. The Morgan fingerprint density at radius 2 is 1.77 bits per heavy atom. The minimum Gasteiger partial charge on any atom is -0.489 e. The maximum atomic E-state index is 11.1. The molecule has 0 bridgehead atoms. The lowest BCUT2D eigenvalue weighted by Crippen LogP contribution is -2.38. The SMILES string of the molecule is O=C(O)C[C@@H]1[C@@H](C(=O)O)NC[C@H]1Oc1ccc(C(=O)O)cc1. The van der Waals surface area contributed by atoms with E-state index in [1.54, 1.807) is 0 Å². The third kappa shape index (κ3) is 3.53. The Bertz CT molecular complexity index is 583. The Morgan fingerprint density at radius 1 is 1.14 bits per heavy atom. The van der Waals surface area contributed by atoms with E-state index in [4.69, 9.17) is 20.1 Å². The molecule has 8 heteroatoms. The van der Waals surface area contributed by atoms with Crippen LogP contribution in [0.25, 0.3) is 0 Å². The molecule has 1 aromatic rings. The molecule has 2 rings (SSSR count). The molecule has 0 aliphatic carbocycles. The van der Waals surface area contributed by atoms with Crippen LogP contribution < -0.4 is 10.1 Å². The number of hydrogen-bond donors (Lipinski definition) is 4. The summed E-state index contributed by atoms with van der Waals surface area (Å²) in [7, 11) is 0. The highest BCUT2D eigenvalue weighted by Gasteiger charge is 2.42. The van der Waals surface area contributed by atoms with Crippen molar-refractivity contribution in [1.29, 1.82) is 0 Å². The van der Waals surface area contributed by atoms with E-state index in [0.29, 0.717) is 5.75 Å². The van der Waals surface area contributed by atoms with Gasteiger partial charge in [0, 0.05) is 12.5 Å². The van der Waals surface area contributed by atoms with Gasteiger partial charge in [-0.15, -0.1) is 0 Å². The molecule has 1 heterocycles. The molecule has 0 unspecified atom stereocenters. The maximum Gasteiger partial charge on any atom is 0.335 e. The second kappa shape index (κ2) is 6.44. The summed E-state index contributed by atoms with van der Waals surface area (Å²) < 4.78 is 5.62. The molecule has 0 spiro atoms. The van der Waals surface area contributed by atoms with Gasteiger partial charge in [-0.3, -0.25) is 9.59 Å². The fourth-order valence-corrected chi connectivity index (χ4v) is 2.46. The molecule has 1 saturated heterocycles. The van der Waals surface area contributed by atoms with Gasteiger partial charge in [0.05, 0.1) is 12.0 Å². The maximum absolute atomic E-state index is 11.1. The molecular formula is C14H15NO7. The van der Waals surface area contributed by atoms with E-state index in [2.05, 4.69) is 5.32 Å². The van der Waals surface area contributed by atoms with Crippen molar-refractivity contribution < 1.29 is 34.4 Å². The number of aromatic carboxylic acids is 1. The normalized spacial score (nSPS) is 23.9. The quantitative estimate of drug-likeness (QED) is 0.589. The fourth-order valence-electron chi connectivity index (χ4n) is 2.46. The van der Waals surface area contributed by atoms with Crippen molar-refractivity contribution in [2.75, 3.05) is 6.54 Å². The molecule has 0 saturated carbocycles. The number of nitrogens with one attached hydrogen (secondary N) is 1.